The van der Waals surface area contributed by atoms with Crippen molar-refractivity contribution in [3.05, 3.63) is 66.2 Å². The molecule has 7 heteroatoms. The molecular formula is C26H31N3O4. The molecule has 3 rings (SSSR count). The fourth-order valence-corrected chi connectivity index (χ4v) is 3.88. The lowest BCUT2D eigenvalue weighted by molar-refractivity contribution is -0.135. The molecular weight excluding hydrogens is 418 g/mol. The van der Waals surface area contributed by atoms with Crippen LogP contribution in [0, 0.1) is 0 Å². The molecule has 2 aromatic rings. The standard InChI is InChI=1S/C26H31N3O4/c1-33-23-15-13-21(14-16-23)28-24(30)18-27-25(31)19-29(22-10-6-3-7-11-22)26(32)17-12-20-8-4-2-5-9-20/h2,4-5,8-9,12-17,22H,3,6-7,10-11,18-19H2,1H3,(H,27,31)(H,28,30). The zero-order valence-electron chi connectivity index (χ0n) is 19.0. The number of methoxy groups -OCH3 is 1. The Morgan fingerprint density at radius 3 is 2.33 bits per heavy atom. The zero-order chi connectivity index (χ0) is 23.5. The van der Waals surface area contributed by atoms with Gasteiger partial charge in [-0.3, -0.25) is 14.4 Å². The SMILES string of the molecule is COc1ccc(NC(=O)CNC(=O)CN(C(=O)C=Cc2ccccc2)C2CCCCC2)cc1. The summed E-state index contributed by atoms with van der Waals surface area (Å²) in [6.45, 7) is -0.240. The summed E-state index contributed by atoms with van der Waals surface area (Å²) in [6.07, 6.45) is 8.29. The van der Waals surface area contributed by atoms with Crippen LogP contribution in [0.2, 0.25) is 0 Å². The van der Waals surface area contributed by atoms with Crippen molar-refractivity contribution < 1.29 is 19.1 Å². The monoisotopic (exact) mass is 449 g/mol. The number of carbonyl (C=O) groups is 3. The first kappa shape index (κ1) is 24.0. The maximum Gasteiger partial charge on any atom is 0.247 e. The van der Waals surface area contributed by atoms with Crippen molar-refractivity contribution in [3.8, 4) is 5.75 Å². The van der Waals surface area contributed by atoms with Crippen molar-refractivity contribution in [3.63, 3.8) is 0 Å². The normalized spacial score (nSPS) is 14.0. The quantitative estimate of drug-likeness (QED) is 0.573. The summed E-state index contributed by atoms with van der Waals surface area (Å²) in [5, 5.41) is 5.36. The summed E-state index contributed by atoms with van der Waals surface area (Å²) in [5.74, 6) is -0.196. The van der Waals surface area contributed by atoms with Gasteiger partial charge < -0.3 is 20.3 Å². The number of benzene rings is 2. The first-order chi connectivity index (χ1) is 16.0. The smallest absolute Gasteiger partial charge is 0.247 e. The molecule has 7 nitrogen and oxygen atoms in total. The number of hydrogen-bond donors (Lipinski definition) is 2. The molecule has 174 valence electrons. The Morgan fingerprint density at radius 2 is 1.67 bits per heavy atom. The van der Waals surface area contributed by atoms with E-state index in [2.05, 4.69) is 10.6 Å². The number of carbonyl (C=O) groups excluding carboxylic acids is 3. The van der Waals surface area contributed by atoms with Crippen LogP contribution in [-0.4, -0.2) is 48.9 Å². The van der Waals surface area contributed by atoms with Crippen LogP contribution >= 0.6 is 0 Å². The van der Waals surface area contributed by atoms with Crippen LogP contribution in [0.25, 0.3) is 6.08 Å². The Kier molecular flexibility index (Phi) is 9.06. The topological polar surface area (TPSA) is 87.7 Å². The molecule has 0 aliphatic heterocycles. The highest BCUT2D eigenvalue weighted by Gasteiger charge is 2.26. The minimum absolute atomic E-state index is 0.0329. The third-order valence-electron chi connectivity index (χ3n) is 5.65. The molecule has 2 aromatic carbocycles. The highest BCUT2D eigenvalue weighted by molar-refractivity contribution is 5.97. The van der Waals surface area contributed by atoms with Crippen LogP contribution in [0.15, 0.2) is 60.7 Å². The molecule has 0 radical (unpaired) electrons. The lowest BCUT2D eigenvalue weighted by atomic mass is 9.94. The predicted octanol–water partition coefficient (Wildman–Crippen LogP) is 3.62. The molecule has 2 N–H and O–H groups in total. The van der Waals surface area contributed by atoms with Crippen LogP contribution in [0.3, 0.4) is 0 Å². The number of amides is 3. The average molecular weight is 450 g/mol. The summed E-state index contributed by atoms with van der Waals surface area (Å²) in [4.78, 5) is 39.4. The van der Waals surface area contributed by atoms with Gasteiger partial charge in [0.2, 0.25) is 17.7 Å². The van der Waals surface area contributed by atoms with Crippen molar-refractivity contribution in [2.75, 3.05) is 25.5 Å². The van der Waals surface area contributed by atoms with E-state index < -0.39 is 0 Å². The van der Waals surface area contributed by atoms with E-state index in [-0.39, 0.29) is 36.9 Å². The molecule has 0 saturated heterocycles. The number of rotatable bonds is 9. The molecule has 1 aliphatic rings. The number of anilines is 1. The van der Waals surface area contributed by atoms with Gasteiger partial charge in [-0.05, 0) is 48.7 Å². The first-order valence-corrected chi connectivity index (χ1v) is 11.3. The molecule has 0 atom stereocenters. The second-order valence-corrected chi connectivity index (χ2v) is 8.06. The van der Waals surface area contributed by atoms with E-state index in [9.17, 15) is 14.4 Å². The summed E-state index contributed by atoms with van der Waals surface area (Å²) < 4.78 is 5.10. The van der Waals surface area contributed by atoms with Crippen LogP contribution in [0.1, 0.15) is 37.7 Å². The van der Waals surface area contributed by atoms with Crippen LogP contribution in [-0.2, 0) is 14.4 Å². The van der Waals surface area contributed by atoms with Gasteiger partial charge in [0.25, 0.3) is 0 Å². The number of ether oxygens (including phenoxy) is 1. The van der Waals surface area contributed by atoms with Crippen LogP contribution in [0.5, 0.6) is 5.75 Å². The Labute approximate surface area is 194 Å². The second-order valence-electron chi connectivity index (χ2n) is 8.06. The summed E-state index contributed by atoms with van der Waals surface area (Å²) >= 11 is 0. The number of nitrogens with zero attached hydrogens (tertiary/aromatic N) is 1. The minimum atomic E-state index is -0.355. The fourth-order valence-electron chi connectivity index (χ4n) is 3.88. The van der Waals surface area contributed by atoms with Gasteiger partial charge in [-0.2, -0.15) is 0 Å². The van der Waals surface area contributed by atoms with E-state index in [1.54, 1.807) is 42.4 Å². The zero-order valence-corrected chi connectivity index (χ0v) is 19.0. The van der Waals surface area contributed by atoms with E-state index in [1.807, 2.05) is 30.3 Å². The van der Waals surface area contributed by atoms with E-state index >= 15 is 0 Å². The molecule has 1 saturated carbocycles. The molecule has 0 unspecified atom stereocenters. The highest BCUT2D eigenvalue weighted by Crippen LogP contribution is 2.23. The lowest BCUT2D eigenvalue weighted by Crippen LogP contribution is -2.47. The van der Waals surface area contributed by atoms with E-state index in [1.165, 1.54) is 6.08 Å². The molecule has 0 spiro atoms. The Balaban J connectivity index is 1.55. The van der Waals surface area contributed by atoms with Gasteiger partial charge in [0.15, 0.2) is 0 Å². The highest BCUT2D eigenvalue weighted by atomic mass is 16.5. The summed E-state index contributed by atoms with van der Waals surface area (Å²) in [7, 11) is 1.57. The van der Waals surface area contributed by atoms with Gasteiger partial charge in [-0.1, -0.05) is 49.6 Å². The molecule has 0 bridgehead atoms. The van der Waals surface area contributed by atoms with Crippen LogP contribution in [0.4, 0.5) is 5.69 Å². The molecule has 3 amide bonds. The van der Waals surface area contributed by atoms with Gasteiger partial charge in [0, 0.05) is 17.8 Å². The Bertz CT molecular complexity index is 951. The summed E-state index contributed by atoms with van der Waals surface area (Å²) in [5.41, 5.74) is 1.54. The first-order valence-electron chi connectivity index (χ1n) is 11.3. The lowest BCUT2D eigenvalue weighted by Gasteiger charge is -2.33. The van der Waals surface area contributed by atoms with Crippen molar-refractivity contribution in [2.45, 2.75) is 38.1 Å². The Hall–Kier alpha value is -3.61. The van der Waals surface area contributed by atoms with Crippen molar-refractivity contribution in [1.82, 2.24) is 10.2 Å². The van der Waals surface area contributed by atoms with Crippen molar-refractivity contribution in [2.24, 2.45) is 0 Å². The third kappa shape index (κ3) is 7.79. The number of nitrogens with one attached hydrogen (secondary N) is 2. The third-order valence-corrected chi connectivity index (χ3v) is 5.65. The van der Waals surface area contributed by atoms with Crippen LogP contribution < -0.4 is 15.4 Å². The molecule has 0 aromatic heterocycles. The number of hydrogen-bond acceptors (Lipinski definition) is 4. The van der Waals surface area contributed by atoms with E-state index in [0.29, 0.717) is 11.4 Å². The molecule has 1 fully saturated rings. The van der Waals surface area contributed by atoms with Gasteiger partial charge >= 0.3 is 0 Å². The van der Waals surface area contributed by atoms with Gasteiger partial charge in [0.05, 0.1) is 13.7 Å². The minimum Gasteiger partial charge on any atom is -0.497 e. The molecule has 1 aliphatic carbocycles. The maximum absolute atomic E-state index is 13.0. The maximum atomic E-state index is 13.0. The Morgan fingerprint density at radius 1 is 0.970 bits per heavy atom. The fraction of sp³-hybridized carbons (Fsp3) is 0.346. The van der Waals surface area contributed by atoms with E-state index in [0.717, 1.165) is 37.7 Å². The van der Waals surface area contributed by atoms with Crippen molar-refractivity contribution >= 4 is 29.5 Å². The van der Waals surface area contributed by atoms with Gasteiger partial charge in [-0.15, -0.1) is 0 Å². The van der Waals surface area contributed by atoms with Gasteiger partial charge in [0.1, 0.15) is 12.3 Å². The second kappa shape index (κ2) is 12.4. The van der Waals surface area contributed by atoms with Crippen molar-refractivity contribution in [1.29, 1.82) is 0 Å². The predicted molar refractivity (Wildman–Crippen MR) is 129 cm³/mol. The molecule has 33 heavy (non-hydrogen) atoms. The average Bonchev–Trinajstić information content (AvgIpc) is 2.86. The summed E-state index contributed by atoms with van der Waals surface area (Å²) in [6, 6.07) is 16.5. The van der Waals surface area contributed by atoms with Gasteiger partial charge in [-0.25, -0.2) is 0 Å². The molecule has 0 heterocycles. The largest absolute Gasteiger partial charge is 0.497 e. The van der Waals surface area contributed by atoms with E-state index in [4.69, 9.17) is 4.74 Å².